The number of aromatic nitrogens is 1. The number of anilines is 3. The third-order valence-electron chi connectivity index (χ3n) is 18.0. The van der Waals surface area contributed by atoms with Crippen molar-refractivity contribution in [3.8, 4) is 39.4 Å². The van der Waals surface area contributed by atoms with Gasteiger partial charge in [0.25, 0.3) is 0 Å². The number of hydrogen-bond acceptors (Lipinski definition) is 3. The average molecular weight is 1050 g/mol. The molecule has 0 N–H and O–H groups in total. The minimum atomic E-state index is -0.643. The molecule has 3 nitrogen and oxygen atoms in total. The molecule has 1 aromatic heterocycles. The SMILES string of the molecule is CC(C)(C)c1ccc2c(c1)C1(c3cc(C(C)(C)C)ccc3S2)c2ccccc2-c2ccc(N(c3cccc(-n4c5ccccc5c5ccccc54)c3)c3ccc4c(c3)C3(c5ccccc5O4)c4ccccc4-c4ccccc43)cc21. The van der Waals surface area contributed by atoms with Crippen LogP contribution < -0.4 is 9.64 Å². The summed E-state index contributed by atoms with van der Waals surface area (Å²) in [6.45, 7) is 14.1. The average Bonchev–Trinajstić information content (AvgIpc) is 2.49. The third-order valence-corrected chi connectivity index (χ3v) is 19.2. The Morgan fingerprint density at radius 1 is 0.350 bits per heavy atom. The van der Waals surface area contributed by atoms with E-state index in [4.69, 9.17) is 4.74 Å². The van der Waals surface area contributed by atoms with E-state index < -0.39 is 10.8 Å². The van der Waals surface area contributed by atoms with Gasteiger partial charge in [-0.3, -0.25) is 0 Å². The molecule has 0 atom stereocenters. The van der Waals surface area contributed by atoms with Crippen LogP contribution in [-0.4, -0.2) is 4.57 Å². The Hall–Kier alpha value is -8.83. The van der Waals surface area contributed by atoms with E-state index in [1.54, 1.807) is 0 Å². The number of fused-ring (bicyclic) bond motifs is 21. The van der Waals surface area contributed by atoms with Crippen molar-refractivity contribution in [1.29, 1.82) is 0 Å². The monoisotopic (exact) mass is 1050 g/mol. The fourth-order valence-corrected chi connectivity index (χ4v) is 15.6. The second kappa shape index (κ2) is 16.8. The first-order valence-corrected chi connectivity index (χ1v) is 29.0. The Balaban J connectivity index is 0.996. The second-order valence-corrected chi connectivity index (χ2v) is 25.5. The summed E-state index contributed by atoms with van der Waals surface area (Å²) in [5, 5.41) is 2.48. The van der Waals surface area contributed by atoms with Crippen molar-refractivity contribution in [3.05, 3.63) is 298 Å². The molecule has 2 aliphatic carbocycles. The maximum atomic E-state index is 7.07. The van der Waals surface area contributed by atoms with E-state index in [0.29, 0.717) is 0 Å². The van der Waals surface area contributed by atoms with Crippen LogP contribution in [0.1, 0.15) is 97.2 Å². The van der Waals surface area contributed by atoms with Gasteiger partial charge in [0.1, 0.15) is 11.5 Å². The highest BCUT2D eigenvalue weighted by molar-refractivity contribution is 7.99. The number of benzene rings is 11. The molecule has 80 heavy (non-hydrogen) atoms. The van der Waals surface area contributed by atoms with Gasteiger partial charge in [0, 0.05) is 54.4 Å². The quantitative estimate of drug-likeness (QED) is 0.175. The first-order valence-electron chi connectivity index (χ1n) is 28.1. The highest BCUT2D eigenvalue weighted by Crippen LogP contribution is 2.65. The molecule has 384 valence electrons. The largest absolute Gasteiger partial charge is 0.457 e. The summed E-state index contributed by atoms with van der Waals surface area (Å²) in [6, 6.07) is 91.7. The highest BCUT2D eigenvalue weighted by Gasteiger charge is 2.53. The molecule has 4 heteroatoms. The molecule has 3 heterocycles. The van der Waals surface area contributed by atoms with Gasteiger partial charge in [0.15, 0.2) is 0 Å². The standard InChI is InChI=1S/C76H58N2OS/c1-73(2,3)47-34-40-71-65(42-47)76(66-43-48(74(4,5)6)35-41-72(66)80-71)61-29-14-9-24-55(61)56-38-36-51(45-63(56)76)77(49-20-19-21-50(44-49)78-67-31-16-10-25-57(67)58-26-11-17-32-68(58)78)52-37-39-70-64(46-52)75(62-30-15-18-33-69(62)79-70)59-27-12-7-22-53(59)54-23-8-13-28-60(54)75/h7-46H,1-6H3. The van der Waals surface area contributed by atoms with E-state index >= 15 is 0 Å². The summed E-state index contributed by atoms with van der Waals surface area (Å²) < 4.78 is 9.51. The van der Waals surface area contributed by atoms with Gasteiger partial charge in [0.2, 0.25) is 0 Å². The molecule has 0 amide bonds. The van der Waals surface area contributed by atoms with Crippen LogP contribution in [0.5, 0.6) is 11.5 Å². The number of para-hydroxylation sites is 3. The zero-order chi connectivity index (χ0) is 53.9. The van der Waals surface area contributed by atoms with Gasteiger partial charge in [-0.15, -0.1) is 0 Å². The number of rotatable bonds is 4. The Bertz CT molecular complexity index is 4440. The van der Waals surface area contributed by atoms with Crippen molar-refractivity contribution in [3.63, 3.8) is 0 Å². The van der Waals surface area contributed by atoms with Crippen molar-refractivity contribution in [2.75, 3.05) is 4.90 Å². The summed E-state index contributed by atoms with van der Waals surface area (Å²) in [6.07, 6.45) is 0. The van der Waals surface area contributed by atoms with Crippen LogP contribution in [0.4, 0.5) is 17.1 Å². The topological polar surface area (TPSA) is 17.4 Å². The van der Waals surface area contributed by atoms with Gasteiger partial charge in [-0.25, -0.2) is 0 Å². The lowest BCUT2D eigenvalue weighted by molar-refractivity contribution is 0.436. The van der Waals surface area contributed by atoms with Gasteiger partial charge < -0.3 is 14.2 Å². The van der Waals surface area contributed by atoms with Crippen LogP contribution in [0, 0.1) is 0 Å². The summed E-state index contributed by atoms with van der Waals surface area (Å²) in [7, 11) is 0. The smallest absolute Gasteiger partial charge is 0.132 e. The summed E-state index contributed by atoms with van der Waals surface area (Å²) in [4.78, 5) is 5.12. The molecule has 12 aromatic rings. The molecular weight excluding hydrogens is 989 g/mol. The maximum absolute atomic E-state index is 7.07. The summed E-state index contributed by atoms with van der Waals surface area (Å²) in [5.41, 5.74) is 23.1. The number of hydrogen-bond donors (Lipinski definition) is 0. The molecule has 0 bridgehead atoms. The van der Waals surface area contributed by atoms with Gasteiger partial charge >= 0.3 is 0 Å². The molecule has 2 aliphatic heterocycles. The minimum absolute atomic E-state index is 0.0657. The zero-order valence-corrected chi connectivity index (χ0v) is 46.6. The van der Waals surface area contributed by atoms with E-state index in [9.17, 15) is 0 Å². The van der Waals surface area contributed by atoms with Crippen molar-refractivity contribution < 1.29 is 4.74 Å². The lowest BCUT2D eigenvalue weighted by Gasteiger charge is -2.42. The Morgan fingerprint density at radius 3 is 1.38 bits per heavy atom. The van der Waals surface area contributed by atoms with Crippen molar-refractivity contribution in [2.24, 2.45) is 0 Å². The van der Waals surface area contributed by atoms with Crippen LogP contribution >= 0.6 is 11.8 Å². The predicted molar refractivity (Wildman–Crippen MR) is 332 cm³/mol. The van der Waals surface area contributed by atoms with Crippen LogP contribution in [-0.2, 0) is 21.7 Å². The Labute approximate surface area is 472 Å². The lowest BCUT2D eigenvalue weighted by Crippen LogP contribution is -2.33. The van der Waals surface area contributed by atoms with Crippen molar-refractivity contribution in [2.45, 2.75) is 73.0 Å². The number of ether oxygens (including phenoxy) is 1. The Kier molecular flexibility index (Phi) is 9.94. The summed E-state index contributed by atoms with van der Waals surface area (Å²) in [5.74, 6) is 1.74. The van der Waals surface area contributed by atoms with E-state index in [0.717, 1.165) is 45.4 Å². The first kappa shape index (κ1) is 47.2. The molecule has 0 saturated carbocycles. The zero-order valence-electron chi connectivity index (χ0n) is 45.8. The van der Waals surface area contributed by atoms with Crippen LogP contribution in [0.3, 0.4) is 0 Å². The molecule has 0 radical (unpaired) electrons. The van der Waals surface area contributed by atoms with Gasteiger partial charge in [-0.2, -0.15) is 0 Å². The van der Waals surface area contributed by atoms with Gasteiger partial charge in [0.05, 0.1) is 21.9 Å². The summed E-state index contributed by atoms with van der Waals surface area (Å²) >= 11 is 1.92. The molecule has 0 unspecified atom stereocenters. The van der Waals surface area contributed by atoms with Gasteiger partial charge in [-0.1, -0.05) is 217 Å². The van der Waals surface area contributed by atoms with Crippen LogP contribution in [0.25, 0.3) is 49.7 Å². The van der Waals surface area contributed by atoms with E-state index in [1.165, 1.54) is 98.4 Å². The predicted octanol–water partition coefficient (Wildman–Crippen LogP) is 20.1. The maximum Gasteiger partial charge on any atom is 0.132 e. The van der Waals surface area contributed by atoms with Crippen molar-refractivity contribution >= 4 is 50.6 Å². The number of nitrogens with zero attached hydrogens (tertiary/aromatic N) is 2. The lowest BCUT2D eigenvalue weighted by atomic mass is 9.65. The highest BCUT2D eigenvalue weighted by atomic mass is 32.2. The molecule has 11 aromatic carbocycles. The van der Waals surface area contributed by atoms with Gasteiger partial charge in [-0.05, 0) is 156 Å². The molecular formula is C76H58N2OS. The van der Waals surface area contributed by atoms with Crippen LogP contribution in [0.15, 0.2) is 252 Å². The minimum Gasteiger partial charge on any atom is -0.457 e. The molecule has 2 spiro atoms. The van der Waals surface area contributed by atoms with E-state index in [1.807, 2.05) is 11.8 Å². The normalized spacial score (nSPS) is 14.6. The first-order chi connectivity index (χ1) is 38.9. The fraction of sp³-hybridized carbons (Fsp3) is 0.132. The Morgan fingerprint density at radius 2 is 0.800 bits per heavy atom. The fourth-order valence-electron chi connectivity index (χ4n) is 14.4. The molecule has 16 rings (SSSR count). The van der Waals surface area contributed by atoms with Crippen LogP contribution in [0.2, 0.25) is 0 Å². The van der Waals surface area contributed by atoms with Crippen molar-refractivity contribution in [1.82, 2.24) is 4.57 Å². The van der Waals surface area contributed by atoms with E-state index in [2.05, 4.69) is 294 Å². The molecule has 4 aliphatic rings. The molecule has 0 fully saturated rings. The third kappa shape index (κ3) is 6.45. The molecule has 0 saturated heterocycles. The second-order valence-electron chi connectivity index (χ2n) is 24.4. The van der Waals surface area contributed by atoms with E-state index in [-0.39, 0.29) is 10.8 Å².